The second kappa shape index (κ2) is 6.94. The summed E-state index contributed by atoms with van der Waals surface area (Å²) in [6.07, 6.45) is 0. The van der Waals surface area contributed by atoms with E-state index < -0.39 is 0 Å². The maximum absolute atomic E-state index is 8.97. The Labute approximate surface area is 102 Å². The molecule has 0 saturated carbocycles. The first-order chi connectivity index (χ1) is 7.67. The molecule has 1 rings (SSSR count). The normalized spacial score (nSPS) is 12.8. The monoisotopic (exact) mass is 239 g/mol. The third-order valence-corrected chi connectivity index (χ3v) is 3.96. The van der Waals surface area contributed by atoms with Gasteiger partial charge in [0.05, 0.1) is 0 Å². The maximum Gasteiger partial charge on any atom is 0.0464 e. The fraction of sp³-hybridized carbons (Fsp3) is 0.538. The molecule has 0 radical (unpaired) electrons. The molecule has 0 spiro atoms. The Morgan fingerprint density at radius 2 is 2.19 bits per heavy atom. The molecule has 90 valence electrons. The highest BCUT2D eigenvalue weighted by atomic mass is 32.2. The Balaban J connectivity index is 2.60. The van der Waals surface area contributed by atoms with E-state index in [-0.39, 0.29) is 6.61 Å². The van der Waals surface area contributed by atoms with Crippen molar-refractivity contribution in [2.75, 3.05) is 19.4 Å². The highest BCUT2D eigenvalue weighted by Gasteiger charge is 2.04. The lowest BCUT2D eigenvalue weighted by atomic mass is 10.1. The lowest BCUT2D eigenvalue weighted by Crippen LogP contribution is -2.05. The van der Waals surface area contributed by atoms with Crippen LogP contribution in [0.1, 0.15) is 18.1 Å². The second-order valence-corrected chi connectivity index (χ2v) is 5.29. The first-order valence-corrected chi connectivity index (χ1v) is 6.63. The Morgan fingerprint density at radius 1 is 1.44 bits per heavy atom. The van der Waals surface area contributed by atoms with Crippen LogP contribution in [0.15, 0.2) is 23.1 Å². The third-order valence-electron chi connectivity index (χ3n) is 2.46. The molecule has 1 aromatic rings. The first kappa shape index (κ1) is 13.6. The number of hydrogen-bond donors (Lipinski definition) is 2. The Hall–Kier alpha value is -0.510. The predicted octanol–water partition coefficient (Wildman–Crippen LogP) is 2.43. The van der Waals surface area contributed by atoms with Crippen molar-refractivity contribution in [2.45, 2.75) is 25.3 Å². The molecule has 0 bridgehead atoms. The lowest BCUT2D eigenvalue weighted by molar-refractivity contribution is 0.250. The Bertz CT molecular complexity index is 328. The summed E-state index contributed by atoms with van der Waals surface area (Å²) in [7, 11) is 1.96. The third kappa shape index (κ3) is 4.16. The minimum absolute atomic E-state index is 0.268. The molecule has 0 amide bonds. The van der Waals surface area contributed by atoms with Crippen LogP contribution in [0.2, 0.25) is 0 Å². The van der Waals surface area contributed by atoms with Crippen LogP contribution in [0, 0.1) is 12.8 Å². The van der Waals surface area contributed by atoms with Crippen molar-refractivity contribution < 1.29 is 5.11 Å². The maximum atomic E-state index is 8.97. The van der Waals surface area contributed by atoms with E-state index in [0.29, 0.717) is 5.92 Å². The molecule has 16 heavy (non-hydrogen) atoms. The zero-order chi connectivity index (χ0) is 12.0. The van der Waals surface area contributed by atoms with E-state index in [9.17, 15) is 0 Å². The smallest absolute Gasteiger partial charge is 0.0464 e. The second-order valence-electron chi connectivity index (χ2n) is 4.23. The van der Waals surface area contributed by atoms with Crippen molar-refractivity contribution in [3.8, 4) is 0 Å². The number of aliphatic hydroxyl groups excluding tert-OH is 1. The summed E-state index contributed by atoms with van der Waals surface area (Å²) >= 11 is 1.83. The van der Waals surface area contributed by atoms with E-state index in [0.717, 1.165) is 12.3 Å². The molecule has 1 atom stereocenters. The van der Waals surface area contributed by atoms with Crippen LogP contribution in [0.5, 0.6) is 0 Å². The van der Waals surface area contributed by atoms with E-state index in [2.05, 4.69) is 37.4 Å². The Kier molecular flexibility index (Phi) is 5.88. The quantitative estimate of drug-likeness (QED) is 0.748. The van der Waals surface area contributed by atoms with Gasteiger partial charge in [-0.3, -0.25) is 0 Å². The highest BCUT2D eigenvalue weighted by Crippen LogP contribution is 2.25. The van der Waals surface area contributed by atoms with Crippen LogP contribution in [0.25, 0.3) is 0 Å². The molecule has 0 heterocycles. The molecule has 1 unspecified atom stereocenters. The van der Waals surface area contributed by atoms with Crippen LogP contribution in [0.3, 0.4) is 0 Å². The van der Waals surface area contributed by atoms with Crippen molar-refractivity contribution in [1.82, 2.24) is 5.32 Å². The van der Waals surface area contributed by atoms with Crippen LogP contribution in [0.4, 0.5) is 0 Å². The lowest BCUT2D eigenvalue weighted by Gasteiger charge is -2.10. The summed E-state index contributed by atoms with van der Waals surface area (Å²) < 4.78 is 0. The van der Waals surface area contributed by atoms with Gasteiger partial charge in [-0.1, -0.05) is 19.1 Å². The number of thioether (sulfide) groups is 1. The summed E-state index contributed by atoms with van der Waals surface area (Å²) in [5, 5.41) is 12.1. The van der Waals surface area contributed by atoms with Gasteiger partial charge in [0.15, 0.2) is 0 Å². The molecule has 2 N–H and O–H groups in total. The molecular formula is C13H21NOS. The fourth-order valence-electron chi connectivity index (χ4n) is 1.47. The molecule has 0 aliphatic heterocycles. The number of hydrogen-bond acceptors (Lipinski definition) is 3. The van der Waals surface area contributed by atoms with Gasteiger partial charge in [-0.15, -0.1) is 11.8 Å². The summed E-state index contributed by atoms with van der Waals surface area (Å²) in [6.45, 7) is 5.39. The number of aliphatic hydroxyl groups is 1. The van der Waals surface area contributed by atoms with Crippen molar-refractivity contribution >= 4 is 11.8 Å². The summed E-state index contributed by atoms with van der Waals surface area (Å²) in [5.74, 6) is 1.34. The molecule has 3 heteroatoms. The summed E-state index contributed by atoms with van der Waals surface area (Å²) in [5.41, 5.74) is 2.64. The van der Waals surface area contributed by atoms with Crippen molar-refractivity contribution in [3.63, 3.8) is 0 Å². The van der Waals surface area contributed by atoms with E-state index in [1.807, 2.05) is 18.8 Å². The van der Waals surface area contributed by atoms with Crippen molar-refractivity contribution in [3.05, 3.63) is 29.3 Å². The average Bonchev–Trinajstić information content (AvgIpc) is 2.28. The number of rotatable bonds is 6. The molecule has 0 aliphatic carbocycles. The zero-order valence-electron chi connectivity index (χ0n) is 10.3. The highest BCUT2D eigenvalue weighted by molar-refractivity contribution is 7.99. The van der Waals surface area contributed by atoms with Gasteiger partial charge in [-0.2, -0.15) is 0 Å². The van der Waals surface area contributed by atoms with Crippen LogP contribution in [-0.2, 0) is 6.54 Å². The molecule has 1 aromatic carbocycles. The molecule has 0 aromatic heterocycles. The summed E-state index contributed by atoms with van der Waals surface area (Å²) in [4.78, 5) is 1.32. The molecule has 0 saturated heterocycles. The zero-order valence-corrected chi connectivity index (χ0v) is 11.1. The van der Waals surface area contributed by atoms with Crippen molar-refractivity contribution in [1.29, 1.82) is 0 Å². The Morgan fingerprint density at radius 3 is 2.75 bits per heavy atom. The minimum atomic E-state index is 0.268. The van der Waals surface area contributed by atoms with Gasteiger partial charge in [0, 0.05) is 23.8 Å². The van der Waals surface area contributed by atoms with E-state index in [1.165, 1.54) is 16.0 Å². The van der Waals surface area contributed by atoms with Crippen LogP contribution in [-0.4, -0.2) is 24.5 Å². The van der Waals surface area contributed by atoms with Gasteiger partial charge in [-0.25, -0.2) is 0 Å². The average molecular weight is 239 g/mol. The topological polar surface area (TPSA) is 32.3 Å². The van der Waals surface area contributed by atoms with E-state index in [4.69, 9.17) is 5.11 Å². The summed E-state index contributed by atoms with van der Waals surface area (Å²) in [6, 6.07) is 6.56. The van der Waals surface area contributed by atoms with E-state index >= 15 is 0 Å². The fourth-order valence-corrected chi connectivity index (χ4v) is 2.49. The SMILES string of the molecule is CNCc1ccc(SCC(C)CO)c(C)c1. The minimum Gasteiger partial charge on any atom is -0.396 e. The van der Waals surface area contributed by atoms with Gasteiger partial charge in [0.1, 0.15) is 0 Å². The van der Waals surface area contributed by atoms with Gasteiger partial charge in [0.2, 0.25) is 0 Å². The van der Waals surface area contributed by atoms with Gasteiger partial charge >= 0.3 is 0 Å². The largest absolute Gasteiger partial charge is 0.396 e. The number of nitrogens with one attached hydrogen (secondary N) is 1. The van der Waals surface area contributed by atoms with E-state index in [1.54, 1.807) is 0 Å². The van der Waals surface area contributed by atoms with Gasteiger partial charge < -0.3 is 10.4 Å². The van der Waals surface area contributed by atoms with Gasteiger partial charge in [-0.05, 0) is 37.1 Å². The number of benzene rings is 1. The van der Waals surface area contributed by atoms with Crippen LogP contribution >= 0.6 is 11.8 Å². The van der Waals surface area contributed by atoms with Gasteiger partial charge in [0.25, 0.3) is 0 Å². The molecule has 0 fully saturated rings. The molecule has 0 aliphatic rings. The van der Waals surface area contributed by atoms with Crippen LogP contribution < -0.4 is 5.32 Å². The molecule has 2 nitrogen and oxygen atoms in total. The first-order valence-electron chi connectivity index (χ1n) is 5.65. The number of aryl methyl sites for hydroxylation is 1. The standard InChI is InChI=1S/C13H21NOS/c1-10(8-15)9-16-13-5-4-12(7-14-3)6-11(13)2/h4-6,10,14-15H,7-9H2,1-3H3. The molecular weight excluding hydrogens is 218 g/mol. The predicted molar refractivity (Wildman–Crippen MR) is 70.9 cm³/mol. The van der Waals surface area contributed by atoms with Crippen molar-refractivity contribution in [2.24, 2.45) is 5.92 Å².